The van der Waals surface area contributed by atoms with Crippen LogP contribution in [-0.2, 0) is 6.42 Å². The normalized spacial score (nSPS) is 16.9. The highest BCUT2D eigenvalue weighted by Gasteiger charge is 2.16. The molecule has 0 amide bonds. The van der Waals surface area contributed by atoms with Crippen molar-refractivity contribution in [1.82, 2.24) is 4.90 Å². The lowest BCUT2D eigenvalue weighted by molar-refractivity contribution is 0.0814. The van der Waals surface area contributed by atoms with Crippen molar-refractivity contribution in [1.29, 1.82) is 0 Å². The molecule has 128 valence electrons. The number of unbranched alkanes of at least 4 members (excludes halogenated alkanes) is 1. The van der Waals surface area contributed by atoms with E-state index in [9.17, 15) is 9.90 Å². The molecule has 0 unspecified atom stereocenters. The maximum Gasteiger partial charge on any atom is 0.162 e. The van der Waals surface area contributed by atoms with Crippen LogP contribution < -0.4 is 0 Å². The number of nitrogens with zero attached hydrogens (tertiary/aromatic N) is 1. The predicted octanol–water partition coefficient (Wildman–Crippen LogP) is 3.69. The van der Waals surface area contributed by atoms with Crippen molar-refractivity contribution in [2.24, 2.45) is 5.92 Å². The summed E-state index contributed by atoms with van der Waals surface area (Å²) in [7, 11) is 0. The number of hydrogen-bond donors (Lipinski definition) is 1. The molecule has 1 aliphatic rings. The van der Waals surface area contributed by atoms with E-state index in [2.05, 4.69) is 30.9 Å². The molecule has 3 nitrogen and oxygen atoms in total. The number of rotatable bonds is 8. The summed E-state index contributed by atoms with van der Waals surface area (Å²) in [4.78, 5) is 14.6. The van der Waals surface area contributed by atoms with Crippen LogP contribution in [0.15, 0.2) is 24.3 Å². The first-order chi connectivity index (χ1) is 11.0. The van der Waals surface area contributed by atoms with Gasteiger partial charge >= 0.3 is 0 Å². The molecule has 1 saturated heterocycles. The van der Waals surface area contributed by atoms with E-state index < -0.39 is 0 Å². The van der Waals surface area contributed by atoms with Crippen molar-refractivity contribution < 1.29 is 9.90 Å². The molecule has 1 aromatic rings. The first-order valence-corrected chi connectivity index (χ1v) is 9.07. The van der Waals surface area contributed by atoms with Crippen LogP contribution in [0.2, 0.25) is 0 Å². The molecule has 1 N–H and O–H groups in total. The number of piperidine rings is 1. The zero-order valence-electron chi connectivity index (χ0n) is 14.6. The van der Waals surface area contributed by atoms with Gasteiger partial charge in [-0.05, 0) is 50.1 Å². The second-order valence-corrected chi connectivity index (χ2v) is 7.25. The third-order valence-corrected chi connectivity index (χ3v) is 4.61. The largest absolute Gasteiger partial charge is 0.393 e. The van der Waals surface area contributed by atoms with Gasteiger partial charge < -0.3 is 10.0 Å². The molecule has 0 atom stereocenters. The molecule has 0 saturated carbocycles. The Morgan fingerprint density at radius 3 is 2.43 bits per heavy atom. The molecule has 0 aliphatic carbocycles. The van der Waals surface area contributed by atoms with Crippen LogP contribution in [0.4, 0.5) is 0 Å². The van der Waals surface area contributed by atoms with Gasteiger partial charge in [0.05, 0.1) is 6.10 Å². The van der Waals surface area contributed by atoms with E-state index >= 15 is 0 Å². The third kappa shape index (κ3) is 6.44. The molecule has 1 fully saturated rings. The number of carbonyl (C=O) groups is 1. The van der Waals surface area contributed by atoms with Gasteiger partial charge in [-0.25, -0.2) is 0 Å². The van der Waals surface area contributed by atoms with E-state index in [0.29, 0.717) is 12.3 Å². The number of hydrogen-bond acceptors (Lipinski definition) is 3. The minimum Gasteiger partial charge on any atom is -0.393 e. The Morgan fingerprint density at radius 2 is 1.83 bits per heavy atom. The number of ketones is 1. The van der Waals surface area contributed by atoms with Gasteiger partial charge in [0, 0.05) is 25.1 Å². The van der Waals surface area contributed by atoms with Gasteiger partial charge in [0.1, 0.15) is 0 Å². The minimum atomic E-state index is -0.105. The highest BCUT2D eigenvalue weighted by atomic mass is 16.3. The number of aliphatic hydroxyl groups excluding tert-OH is 1. The zero-order valence-corrected chi connectivity index (χ0v) is 14.6. The van der Waals surface area contributed by atoms with E-state index in [4.69, 9.17) is 0 Å². The highest BCUT2D eigenvalue weighted by molar-refractivity contribution is 5.96. The summed E-state index contributed by atoms with van der Waals surface area (Å²) in [5, 5.41) is 9.49. The molecular formula is C20H31NO2. The fourth-order valence-corrected chi connectivity index (χ4v) is 3.21. The molecule has 0 radical (unpaired) electrons. The molecule has 1 aromatic carbocycles. The van der Waals surface area contributed by atoms with Crippen LogP contribution in [0.25, 0.3) is 0 Å². The first-order valence-electron chi connectivity index (χ1n) is 9.07. The van der Waals surface area contributed by atoms with Gasteiger partial charge in [0.25, 0.3) is 0 Å². The monoisotopic (exact) mass is 317 g/mol. The van der Waals surface area contributed by atoms with E-state index in [0.717, 1.165) is 57.3 Å². The lowest BCUT2D eigenvalue weighted by Gasteiger charge is -2.29. The van der Waals surface area contributed by atoms with Crippen LogP contribution in [0, 0.1) is 5.92 Å². The summed E-state index contributed by atoms with van der Waals surface area (Å²) in [5.74, 6) is 0.905. The average Bonchev–Trinajstić information content (AvgIpc) is 2.53. The van der Waals surface area contributed by atoms with Gasteiger partial charge in [0.15, 0.2) is 5.78 Å². The Bertz CT molecular complexity index is 473. The van der Waals surface area contributed by atoms with Gasteiger partial charge in [-0.3, -0.25) is 4.79 Å². The van der Waals surface area contributed by atoms with Gasteiger partial charge in [-0.1, -0.05) is 38.1 Å². The summed E-state index contributed by atoms with van der Waals surface area (Å²) < 4.78 is 0. The smallest absolute Gasteiger partial charge is 0.162 e. The van der Waals surface area contributed by atoms with Crippen LogP contribution >= 0.6 is 0 Å². The first kappa shape index (κ1) is 18.2. The van der Waals surface area contributed by atoms with E-state index in [1.165, 1.54) is 5.56 Å². The number of aliphatic hydroxyl groups is 1. The lowest BCUT2D eigenvalue weighted by atomic mass is 9.99. The van der Waals surface area contributed by atoms with Crippen LogP contribution in [0.3, 0.4) is 0 Å². The summed E-state index contributed by atoms with van der Waals surface area (Å²) in [6, 6.07) is 8.14. The maximum atomic E-state index is 12.2. The Hall–Kier alpha value is -1.19. The Kier molecular flexibility index (Phi) is 7.25. The van der Waals surface area contributed by atoms with E-state index in [1.54, 1.807) is 0 Å². The van der Waals surface area contributed by atoms with E-state index in [1.807, 2.05) is 12.1 Å². The topological polar surface area (TPSA) is 40.5 Å². The van der Waals surface area contributed by atoms with Crippen LogP contribution in [0.1, 0.15) is 61.9 Å². The quantitative estimate of drug-likeness (QED) is 0.587. The highest BCUT2D eigenvalue weighted by Crippen LogP contribution is 2.14. The van der Waals surface area contributed by atoms with Crippen molar-refractivity contribution in [3.05, 3.63) is 35.4 Å². The Balaban J connectivity index is 1.66. The van der Waals surface area contributed by atoms with Crippen molar-refractivity contribution in [3.8, 4) is 0 Å². The summed E-state index contributed by atoms with van der Waals surface area (Å²) >= 11 is 0. The third-order valence-electron chi connectivity index (χ3n) is 4.61. The van der Waals surface area contributed by atoms with Crippen molar-refractivity contribution in [2.45, 2.75) is 58.5 Å². The van der Waals surface area contributed by atoms with Crippen LogP contribution in [-0.4, -0.2) is 41.5 Å². The molecule has 1 heterocycles. The Morgan fingerprint density at radius 1 is 1.17 bits per heavy atom. The molecule has 3 heteroatoms. The summed E-state index contributed by atoms with van der Waals surface area (Å²) in [5.41, 5.74) is 2.16. The number of Topliss-reactive ketones (excluding diaryl/α,β-unsaturated/α-hetero) is 1. The molecule has 2 rings (SSSR count). The summed E-state index contributed by atoms with van der Waals surface area (Å²) in [6.45, 7) is 7.45. The van der Waals surface area contributed by atoms with Crippen LogP contribution in [0.5, 0.6) is 0 Å². The van der Waals surface area contributed by atoms with Gasteiger partial charge in [-0.15, -0.1) is 0 Å². The van der Waals surface area contributed by atoms with Gasteiger partial charge in [-0.2, -0.15) is 0 Å². The number of likely N-dealkylation sites (tertiary alicyclic amines) is 1. The second-order valence-electron chi connectivity index (χ2n) is 7.25. The second kappa shape index (κ2) is 9.19. The van der Waals surface area contributed by atoms with Gasteiger partial charge in [0.2, 0.25) is 0 Å². The molecule has 1 aliphatic heterocycles. The SMILES string of the molecule is CC(C)Cc1ccc(C(=O)CCCCN2CCC(O)CC2)cc1. The average molecular weight is 317 g/mol. The summed E-state index contributed by atoms with van der Waals surface area (Å²) in [6.07, 6.45) is 5.40. The van der Waals surface area contributed by atoms with E-state index in [-0.39, 0.29) is 11.9 Å². The molecule has 0 aromatic heterocycles. The molecule has 0 bridgehead atoms. The predicted molar refractivity (Wildman–Crippen MR) is 94.8 cm³/mol. The van der Waals surface area contributed by atoms with Crippen molar-refractivity contribution in [2.75, 3.05) is 19.6 Å². The van der Waals surface area contributed by atoms with Crippen molar-refractivity contribution in [3.63, 3.8) is 0 Å². The number of carbonyl (C=O) groups excluding carboxylic acids is 1. The lowest BCUT2D eigenvalue weighted by Crippen LogP contribution is -2.36. The fraction of sp³-hybridized carbons (Fsp3) is 0.650. The number of benzene rings is 1. The standard InChI is InChI=1S/C20H31NO2/c1-16(2)15-17-6-8-18(9-7-17)20(23)5-3-4-12-21-13-10-19(22)11-14-21/h6-9,16,19,22H,3-5,10-15H2,1-2H3. The Labute approximate surface area is 140 Å². The van der Waals surface area contributed by atoms with Crippen molar-refractivity contribution >= 4 is 5.78 Å². The maximum absolute atomic E-state index is 12.2. The zero-order chi connectivity index (χ0) is 16.7. The minimum absolute atomic E-state index is 0.105. The fourth-order valence-electron chi connectivity index (χ4n) is 3.21. The molecule has 23 heavy (non-hydrogen) atoms. The molecule has 0 spiro atoms. The molecular weight excluding hydrogens is 286 g/mol.